The van der Waals surface area contributed by atoms with Gasteiger partial charge < -0.3 is 0 Å². The molecule has 0 saturated carbocycles. The summed E-state index contributed by atoms with van der Waals surface area (Å²) in [5, 5.41) is 0. The predicted octanol–water partition coefficient (Wildman–Crippen LogP) is 1.42. The van der Waals surface area contributed by atoms with Gasteiger partial charge in [0.15, 0.2) is 0 Å². The molecule has 0 aromatic rings. The van der Waals surface area contributed by atoms with E-state index in [1.165, 1.54) is 6.42 Å². The van der Waals surface area contributed by atoms with Gasteiger partial charge in [-0.05, 0) is 0 Å². The van der Waals surface area contributed by atoms with E-state index in [1.54, 1.807) is 0 Å². The van der Waals surface area contributed by atoms with Crippen LogP contribution in [0.2, 0.25) is 0 Å². The first-order chi connectivity index (χ1) is 1.41. The van der Waals surface area contributed by atoms with E-state index in [0.29, 0.717) is 0 Å². The standard InChI is InChI=1S/C3H8.Sm/c1-3-2;/h3H2,1-2H3;. The first-order valence-corrected chi connectivity index (χ1v) is 1.41. The zero-order chi connectivity index (χ0) is 2.71. The van der Waals surface area contributed by atoms with Crippen molar-refractivity contribution < 1.29 is 40.4 Å². The van der Waals surface area contributed by atoms with Crippen molar-refractivity contribution in [2.45, 2.75) is 20.3 Å². The molecule has 0 heterocycles. The van der Waals surface area contributed by atoms with Crippen LogP contribution in [0, 0.1) is 40.4 Å². The Kier molecular flexibility index (Phi) is 19.9. The summed E-state index contributed by atoms with van der Waals surface area (Å²) in [7, 11) is 0. The Balaban J connectivity index is 0. The van der Waals surface area contributed by atoms with Crippen LogP contribution in [0.1, 0.15) is 20.3 Å². The minimum absolute atomic E-state index is 0. The third kappa shape index (κ3) is 10.2. The summed E-state index contributed by atoms with van der Waals surface area (Å²) in [6.07, 6.45) is 1.25. The van der Waals surface area contributed by atoms with Crippen molar-refractivity contribution in [2.75, 3.05) is 0 Å². The summed E-state index contributed by atoms with van der Waals surface area (Å²) in [6, 6.07) is 0. The van der Waals surface area contributed by atoms with Gasteiger partial charge in [-0.2, -0.15) is 0 Å². The van der Waals surface area contributed by atoms with E-state index in [4.69, 9.17) is 0 Å². The molecule has 0 saturated heterocycles. The Morgan fingerprint density at radius 2 is 1.25 bits per heavy atom. The molecule has 0 aliphatic heterocycles. The average molecular weight is 194 g/mol. The van der Waals surface area contributed by atoms with Crippen LogP contribution in [0.3, 0.4) is 0 Å². The smallest absolute Gasteiger partial charge is 0 e. The normalized spacial score (nSPS) is 4.50. The minimum atomic E-state index is 0. The summed E-state index contributed by atoms with van der Waals surface area (Å²) >= 11 is 0. The molecule has 0 aliphatic carbocycles. The second-order valence-corrected chi connectivity index (χ2v) is 0.707. The van der Waals surface area contributed by atoms with Gasteiger partial charge in [0.25, 0.3) is 0 Å². The van der Waals surface area contributed by atoms with Gasteiger partial charge in [-0.3, -0.25) is 0 Å². The molecule has 0 N–H and O–H groups in total. The van der Waals surface area contributed by atoms with Gasteiger partial charge in [0.05, 0.1) is 0 Å². The largest absolute Gasteiger partial charge is 0.0656 e. The molecule has 0 aromatic carbocycles. The van der Waals surface area contributed by atoms with Crippen molar-refractivity contribution in [1.82, 2.24) is 0 Å². The van der Waals surface area contributed by atoms with Crippen LogP contribution in [0.5, 0.6) is 0 Å². The quantitative estimate of drug-likeness (QED) is 0.547. The van der Waals surface area contributed by atoms with E-state index < -0.39 is 0 Å². The third-order valence-electron chi connectivity index (χ3n) is 0. The minimum Gasteiger partial charge on any atom is -0.0656 e. The molecule has 26 valence electrons. The number of hydrogen-bond acceptors (Lipinski definition) is 0. The van der Waals surface area contributed by atoms with Crippen molar-refractivity contribution in [1.29, 1.82) is 0 Å². The van der Waals surface area contributed by atoms with Crippen molar-refractivity contribution in [3.05, 3.63) is 0 Å². The molecule has 1 heteroatoms. The summed E-state index contributed by atoms with van der Waals surface area (Å²) in [4.78, 5) is 0. The molecule has 0 unspecified atom stereocenters. The van der Waals surface area contributed by atoms with Crippen molar-refractivity contribution in [2.24, 2.45) is 0 Å². The fraction of sp³-hybridized carbons (Fsp3) is 1.00. The number of hydrogen-bond donors (Lipinski definition) is 0. The molecule has 0 rings (SSSR count). The van der Waals surface area contributed by atoms with E-state index in [-0.39, 0.29) is 40.4 Å². The van der Waals surface area contributed by atoms with E-state index in [1.807, 2.05) is 0 Å². The van der Waals surface area contributed by atoms with Gasteiger partial charge in [-0.1, -0.05) is 20.3 Å². The van der Waals surface area contributed by atoms with Crippen LogP contribution in [0.15, 0.2) is 0 Å². The zero-order valence-electron chi connectivity index (χ0n) is 3.12. The topological polar surface area (TPSA) is 0 Å². The molecule has 0 aliphatic rings. The molecule has 0 amide bonds. The second-order valence-electron chi connectivity index (χ2n) is 0.707. The van der Waals surface area contributed by atoms with Crippen molar-refractivity contribution in [3.63, 3.8) is 0 Å². The van der Waals surface area contributed by atoms with Gasteiger partial charge in [-0.25, -0.2) is 0 Å². The third-order valence-corrected chi connectivity index (χ3v) is 0. The summed E-state index contributed by atoms with van der Waals surface area (Å²) in [6.45, 7) is 4.25. The van der Waals surface area contributed by atoms with E-state index in [0.717, 1.165) is 0 Å². The maximum atomic E-state index is 2.12. The summed E-state index contributed by atoms with van der Waals surface area (Å²) in [5.41, 5.74) is 0. The van der Waals surface area contributed by atoms with Crippen LogP contribution in [-0.4, -0.2) is 0 Å². The molecule has 0 bridgehead atoms. The Morgan fingerprint density at radius 3 is 1.25 bits per heavy atom. The first-order valence-electron chi connectivity index (χ1n) is 1.41. The monoisotopic (exact) mass is 196 g/mol. The average Bonchev–Trinajstić information content (AvgIpc) is 0.918. The first kappa shape index (κ1) is 9.02. The van der Waals surface area contributed by atoms with Gasteiger partial charge >= 0.3 is 0 Å². The maximum Gasteiger partial charge on any atom is 0 e. The molecule has 0 atom stereocenters. The Labute approximate surface area is 60.1 Å². The van der Waals surface area contributed by atoms with E-state index in [2.05, 4.69) is 13.8 Å². The van der Waals surface area contributed by atoms with E-state index >= 15 is 0 Å². The molecule has 0 spiro atoms. The molecule has 0 aromatic heterocycles. The van der Waals surface area contributed by atoms with Crippen molar-refractivity contribution >= 4 is 0 Å². The van der Waals surface area contributed by atoms with Gasteiger partial charge in [0.1, 0.15) is 0 Å². The van der Waals surface area contributed by atoms with Crippen molar-refractivity contribution in [3.8, 4) is 0 Å². The van der Waals surface area contributed by atoms with Gasteiger partial charge in [0, 0.05) is 40.4 Å². The molecule has 4 heavy (non-hydrogen) atoms. The van der Waals surface area contributed by atoms with Gasteiger partial charge in [-0.15, -0.1) is 0 Å². The van der Waals surface area contributed by atoms with Gasteiger partial charge in [0.2, 0.25) is 0 Å². The fourth-order valence-corrected chi connectivity index (χ4v) is 0. The van der Waals surface area contributed by atoms with Crippen LogP contribution < -0.4 is 0 Å². The Bertz CT molecular complexity index is 3.25. The maximum absolute atomic E-state index is 2.12. The summed E-state index contributed by atoms with van der Waals surface area (Å²) < 4.78 is 0. The van der Waals surface area contributed by atoms with Crippen LogP contribution in [0.25, 0.3) is 0 Å². The Hall–Kier alpha value is 1.34. The van der Waals surface area contributed by atoms with E-state index in [9.17, 15) is 0 Å². The molecular formula is C3H8Sm. The molecular weight excluding hydrogens is 186 g/mol. The van der Waals surface area contributed by atoms with Crippen LogP contribution in [0.4, 0.5) is 0 Å². The predicted molar refractivity (Wildman–Crippen MR) is 16.0 cm³/mol. The zero-order valence-corrected chi connectivity index (χ0v) is 5.73. The molecule has 0 nitrogen and oxygen atoms in total. The Morgan fingerprint density at radius 1 is 1.25 bits per heavy atom. The SMILES string of the molecule is CCC.[Sm]. The second kappa shape index (κ2) is 8.84. The fourth-order valence-electron chi connectivity index (χ4n) is 0. The van der Waals surface area contributed by atoms with Crippen LogP contribution in [-0.2, 0) is 0 Å². The summed E-state index contributed by atoms with van der Waals surface area (Å²) in [5.74, 6) is 0. The molecule has 0 radical (unpaired) electrons. The number of rotatable bonds is 0. The van der Waals surface area contributed by atoms with Crippen LogP contribution >= 0.6 is 0 Å². The molecule has 0 fully saturated rings.